The maximum atomic E-state index is 15.1. The fourth-order valence-corrected chi connectivity index (χ4v) is 19.0. The Balaban J connectivity index is 1.66. The van der Waals surface area contributed by atoms with Gasteiger partial charge in [-0.05, 0) is 57.8 Å². The number of rotatable bonds is 57. The summed E-state index contributed by atoms with van der Waals surface area (Å²) < 4.78 is 111. The molecule has 4 heterocycles. The third kappa shape index (κ3) is 46.2. The quantitative estimate of drug-likeness (QED) is 0.0243. The number of carbonyl (C=O) groups is 23. The van der Waals surface area contributed by atoms with Gasteiger partial charge in [0.1, 0.15) is 90.7 Å². The minimum atomic E-state index is -1.67. The summed E-state index contributed by atoms with van der Waals surface area (Å²) in [4.78, 5) is 295. The molecule has 50 nitrogen and oxygen atoms in total. The van der Waals surface area contributed by atoms with Gasteiger partial charge in [-0.3, -0.25) is 105 Å². The van der Waals surface area contributed by atoms with Gasteiger partial charge in [-0.2, -0.15) is 0 Å². The predicted molar refractivity (Wildman–Crippen MR) is 480 cm³/mol. The van der Waals surface area contributed by atoms with Crippen molar-refractivity contribution in [1.82, 2.24) is 31.9 Å². The topological polar surface area (TPSA) is 670 Å². The van der Waals surface area contributed by atoms with Gasteiger partial charge < -0.3 is 132 Å². The second-order valence-electron chi connectivity index (χ2n) is 31.9. The van der Waals surface area contributed by atoms with E-state index in [9.17, 15) is 111 Å². The Bertz CT molecular complexity index is 4280. The zero-order valence-corrected chi connectivity index (χ0v) is 83.7. The van der Waals surface area contributed by atoms with Gasteiger partial charge in [0.2, 0.25) is 35.4 Å². The van der Waals surface area contributed by atoms with E-state index in [1.807, 2.05) is 0 Å². The number of carbonyl (C=O) groups excluding carboxylic acids is 22. The Morgan fingerprint density at radius 1 is 0.243 bits per heavy atom. The third-order valence-corrected chi connectivity index (χ3v) is 24.5. The van der Waals surface area contributed by atoms with Gasteiger partial charge in [0.15, 0.2) is 73.2 Å². The molecule has 4 rings (SSSR count). The normalized spacial score (nSPS) is 24.6. The minimum absolute atomic E-state index is 0.00934. The number of amides is 6. The zero-order chi connectivity index (χ0) is 105. The first-order valence-corrected chi connectivity index (χ1v) is 48.7. The first kappa shape index (κ1) is 121. The number of hydrogen-bond acceptors (Lipinski definition) is 47. The maximum absolute atomic E-state index is 15.1. The van der Waals surface area contributed by atoms with E-state index >= 15 is 4.79 Å². The van der Waals surface area contributed by atoms with Crippen LogP contribution in [0.5, 0.6) is 0 Å². The van der Waals surface area contributed by atoms with Crippen LogP contribution >= 0.6 is 47.0 Å². The molecule has 788 valence electrons. The van der Waals surface area contributed by atoms with Crippen LogP contribution in [0.3, 0.4) is 0 Å². The molecule has 0 radical (unpaired) electrons. The monoisotopic (exact) mass is 2070 g/mol. The lowest BCUT2D eigenvalue weighted by Gasteiger charge is -2.44. The second-order valence-corrected chi connectivity index (χ2v) is 36.7. The average molecular weight is 2080 g/mol. The van der Waals surface area contributed by atoms with E-state index in [2.05, 4.69) is 31.9 Å². The van der Waals surface area contributed by atoms with E-state index in [4.69, 9.17) is 94.7 Å². The fraction of sp³-hybridized carbons (Fsp3) is 0.733. The highest BCUT2D eigenvalue weighted by atomic mass is 32.2. The van der Waals surface area contributed by atoms with E-state index in [1.165, 1.54) is 0 Å². The Hall–Kier alpha value is -11.0. The summed E-state index contributed by atoms with van der Waals surface area (Å²) in [6.07, 6.45) is -24.6. The largest absolute Gasteiger partial charge is 0.480 e. The number of carboxylic acid groups (broad SMARTS) is 1. The van der Waals surface area contributed by atoms with Gasteiger partial charge in [-0.15, -0.1) is 47.0 Å². The number of unbranched alkanes of at least 4 members (excludes halogenated alkanes) is 3. The molecular formula is C86H126N6O44S4. The molecule has 140 heavy (non-hydrogen) atoms. The standard InChI is InChI=1S/C86H126N6O44S4/c1-41(93)117-37-60-68(121-45(5)97)72(125-49(9)101)76(129-53(13)105)83(133-60)137-33-26-64(109)87-30-20-17-23-57(90-67(112)29-36-140-86-79(132-56(16)108)75(128-52(12)104)71(124-48(8)100)63(136-86)40-120-44(4)96)80(113)91-58(24-18-21-31-88-65(110)27-34-138-84-77(130-54(14)106)73(126-50(10)102)69(122-46(6)98)61(134-84)38-118-42(2)94)81(114)92-59(82(115)116)25-19-22-32-89-66(111)28-35-139-85-78(131-55(15)107)74(127-51(11)103)70(123-47(7)99)62(135-85)39-119-43(3)95/h57-63,68-79,83-86H,17-40H2,1-16H3,(H,87,109)(H,88,110)(H,89,111)(H,90,112)(H,91,113)(H,92,114)(H,115,116)/t57-,58-,59-,60+,61+,62+,63+,68+,69+,70+,71+,72-,73-,74-,75-,76-,77-,78-,79-,83+,84+,85+,86+/m0/s1. The molecule has 0 unspecified atom stereocenters. The summed E-state index contributed by atoms with van der Waals surface area (Å²) in [5.74, 6) is -20.1. The Labute approximate surface area is 822 Å². The van der Waals surface area contributed by atoms with Gasteiger partial charge >= 0.3 is 101 Å². The van der Waals surface area contributed by atoms with E-state index in [0.717, 1.165) is 158 Å². The van der Waals surface area contributed by atoms with Gasteiger partial charge in [0, 0.05) is 179 Å². The lowest BCUT2D eigenvalue weighted by atomic mass is 9.99. The minimum Gasteiger partial charge on any atom is -0.480 e. The van der Waals surface area contributed by atoms with Crippen LogP contribution in [-0.2, 0) is 205 Å². The first-order valence-electron chi connectivity index (χ1n) is 44.5. The van der Waals surface area contributed by atoms with Crippen molar-refractivity contribution in [1.29, 1.82) is 0 Å². The summed E-state index contributed by atoms with van der Waals surface area (Å²) in [7, 11) is 0. The zero-order valence-electron chi connectivity index (χ0n) is 80.4. The van der Waals surface area contributed by atoms with Crippen LogP contribution in [0.2, 0.25) is 0 Å². The Morgan fingerprint density at radius 2 is 0.436 bits per heavy atom. The second kappa shape index (κ2) is 63.1. The van der Waals surface area contributed by atoms with Crippen LogP contribution in [0.25, 0.3) is 0 Å². The fourth-order valence-electron chi connectivity index (χ4n) is 14.3. The molecule has 0 aliphatic carbocycles. The molecule has 0 aromatic heterocycles. The van der Waals surface area contributed by atoms with Crippen molar-refractivity contribution < 1.29 is 210 Å². The first-order chi connectivity index (χ1) is 65.9. The smallest absolute Gasteiger partial charge is 0.326 e. The summed E-state index contributed by atoms with van der Waals surface area (Å²) in [6, 6.07) is -4.88. The van der Waals surface area contributed by atoms with Gasteiger partial charge in [-0.1, -0.05) is 0 Å². The number of hydrogen-bond donors (Lipinski definition) is 7. The molecule has 0 saturated carbocycles. The SMILES string of the molecule is CC(=O)OC[C@H]1O[C@H](SCCC(=O)NCCCC[C@H](NC(=O)[C@H](CCCCNC(=O)CCS[C@H]2O[C@H](COC(C)=O)[C@@H](OC(C)=O)[C@H](OC(C)=O)[C@@H]2OC(C)=O)NC(=O)[C@H](CCCCNC(=O)CCS[C@H]2O[C@H](COC(C)=O)[C@@H](OC(C)=O)[C@H](OC(C)=O)[C@@H]2OC(C)=O)NC(=O)CCS[C@H]2O[C@H](COC(C)=O)[C@@H](OC(C)=O)[C@H](OC(C)=O)[C@@H]2OC(C)=O)C(=O)O)[C@@H](OC(C)=O)[C@@H](OC(C)=O)[C@@H]1OC(C)=O. The number of ether oxygens (including phenoxy) is 20. The van der Waals surface area contributed by atoms with Crippen LogP contribution in [0, 0.1) is 0 Å². The van der Waals surface area contributed by atoms with Crippen LogP contribution < -0.4 is 31.9 Å². The number of aliphatic carboxylic acids is 1. The summed E-state index contributed by atoms with van der Waals surface area (Å²) in [6.45, 7) is 14.6. The van der Waals surface area contributed by atoms with Gasteiger partial charge in [0.05, 0.1) is 0 Å². The molecule has 0 aromatic carbocycles. The van der Waals surface area contributed by atoms with Crippen molar-refractivity contribution >= 4 is 184 Å². The number of carboxylic acids is 1. The van der Waals surface area contributed by atoms with Crippen molar-refractivity contribution in [3.63, 3.8) is 0 Å². The highest BCUT2D eigenvalue weighted by Gasteiger charge is 2.57. The van der Waals surface area contributed by atoms with Crippen LogP contribution in [0.4, 0.5) is 0 Å². The van der Waals surface area contributed by atoms with Crippen molar-refractivity contribution in [3.8, 4) is 0 Å². The molecule has 4 aliphatic rings. The van der Waals surface area contributed by atoms with E-state index in [-0.39, 0.29) is 120 Å². The Morgan fingerprint density at radius 3 is 0.650 bits per heavy atom. The van der Waals surface area contributed by atoms with Crippen LogP contribution in [0.15, 0.2) is 0 Å². The molecule has 4 saturated heterocycles. The predicted octanol–water partition coefficient (Wildman–Crippen LogP) is 0.210. The van der Waals surface area contributed by atoms with E-state index in [0.29, 0.717) is 0 Å². The van der Waals surface area contributed by atoms with E-state index < -0.39 is 307 Å². The summed E-state index contributed by atoms with van der Waals surface area (Å²) in [5.41, 5.74) is -5.00. The van der Waals surface area contributed by atoms with Crippen LogP contribution in [0.1, 0.15) is 194 Å². The molecular weight excluding hydrogens is 1950 g/mol. The number of esters is 16. The van der Waals surface area contributed by atoms with Crippen molar-refractivity contribution in [3.05, 3.63) is 0 Å². The number of thioether (sulfide) groups is 4. The van der Waals surface area contributed by atoms with Crippen molar-refractivity contribution in [2.24, 2.45) is 0 Å². The lowest BCUT2D eigenvalue weighted by molar-refractivity contribution is -0.237. The lowest BCUT2D eigenvalue weighted by Crippen LogP contribution is -2.61. The molecule has 7 N–H and O–H groups in total. The van der Waals surface area contributed by atoms with E-state index in [1.54, 1.807) is 0 Å². The summed E-state index contributed by atoms with van der Waals surface area (Å²) in [5, 5.41) is 26.5. The maximum Gasteiger partial charge on any atom is 0.326 e. The molecule has 4 fully saturated rings. The highest BCUT2D eigenvalue weighted by molar-refractivity contribution is 8.00. The Kier molecular flexibility index (Phi) is 54.7. The van der Waals surface area contributed by atoms with Crippen molar-refractivity contribution in [2.75, 3.05) is 69.1 Å². The van der Waals surface area contributed by atoms with Crippen LogP contribution in [-0.4, -0.2) is 349 Å². The van der Waals surface area contributed by atoms with Gasteiger partial charge in [-0.25, -0.2) is 4.79 Å². The highest BCUT2D eigenvalue weighted by Crippen LogP contribution is 2.40. The summed E-state index contributed by atoms with van der Waals surface area (Å²) >= 11 is 3.62. The molecule has 0 aromatic rings. The number of nitrogens with one attached hydrogen (secondary N) is 6. The molecule has 0 bridgehead atoms. The average Bonchev–Trinajstić information content (AvgIpc) is 0.798. The third-order valence-electron chi connectivity index (χ3n) is 19.9. The van der Waals surface area contributed by atoms with Crippen molar-refractivity contribution in [2.45, 2.75) is 332 Å². The molecule has 0 spiro atoms. The molecule has 23 atom stereocenters. The van der Waals surface area contributed by atoms with Gasteiger partial charge in [0.25, 0.3) is 0 Å². The molecule has 54 heteroatoms. The molecule has 4 aliphatic heterocycles. The molecule has 6 amide bonds.